The first-order valence-electron chi connectivity index (χ1n) is 2.52. The van der Waals surface area contributed by atoms with Crippen LogP contribution >= 0.6 is 12.6 Å². The van der Waals surface area contributed by atoms with Gasteiger partial charge < -0.3 is 0 Å². The lowest BCUT2D eigenvalue weighted by molar-refractivity contribution is 1.09. The zero-order valence-electron chi connectivity index (χ0n) is 4.46. The molecule has 1 heterocycles. The highest BCUT2D eigenvalue weighted by atomic mass is 32.1. The summed E-state index contributed by atoms with van der Waals surface area (Å²) in [5.74, 6) is 0.888. The quantitative estimate of drug-likeness (QED) is 0.569. The molecule has 0 radical (unpaired) electrons. The van der Waals surface area contributed by atoms with Crippen LogP contribution in [0.5, 0.6) is 0 Å². The van der Waals surface area contributed by atoms with Crippen molar-refractivity contribution in [3.05, 3.63) is 18.0 Å². The molecular weight excluding hydrogens is 120 g/mol. The van der Waals surface area contributed by atoms with Gasteiger partial charge in [-0.05, 0) is 17.7 Å². The molecule has 0 aliphatic heterocycles. The van der Waals surface area contributed by atoms with Gasteiger partial charge in [-0.25, -0.2) is 0 Å². The lowest BCUT2D eigenvalue weighted by Crippen LogP contribution is -1.79. The number of aromatic nitrogens is 2. The van der Waals surface area contributed by atoms with Crippen LogP contribution in [0.15, 0.2) is 12.4 Å². The number of nitrogens with one attached hydrogen (secondary N) is 1. The van der Waals surface area contributed by atoms with E-state index in [0.717, 1.165) is 12.2 Å². The van der Waals surface area contributed by atoms with E-state index in [4.69, 9.17) is 0 Å². The van der Waals surface area contributed by atoms with E-state index in [1.807, 2.05) is 12.4 Å². The van der Waals surface area contributed by atoms with Crippen molar-refractivity contribution in [3.8, 4) is 0 Å². The van der Waals surface area contributed by atoms with E-state index in [1.165, 1.54) is 5.56 Å². The van der Waals surface area contributed by atoms with Gasteiger partial charge in [-0.15, -0.1) is 0 Å². The van der Waals surface area contributed by atoms with E-state index in [1.54, 1.807) is 0 Å². The first kappa shape index (κ1) is 5.69. The van der Waals surface area contributed by atoms with Crippen LogP contribution in [0.4, 0.5) is 0 Å². The number of hydrogen-bond donors (Lipinski definition) is 2. The molecular formula is C5H8N2S. The summed E-state index contributed by atoms with van der Waals surface area (Å²) in [6, 6.07) is 0. The van der Waals surface area contributed by atoms with Crippen LogP contribution < -0.4 is 0 Å². The summed E-state index contributed by atoms with van der Waals surface area (Å²) >= 11 is 4.07. The molecule has 0 atom stereocenters. The van der Waals surface area contributed by atoms with Gasteiger partial charge in [0.2, 0.25) is 0 Å². The van der Waals surface area contributed by atoms with E-state index in [-0.39, 0.29) is 0 Å². The second kappa shape index (κ2) is 2.77. The normalized spacial score (nSPS) is 9.62. The highest BCUT2D eigenvalue weighted by Gasteiger charge is 1.87. The Morgan fingerprint density at radius 2 is 2.62 bits per heavy atom. The molecule has 1 aromatic heterocycles. The summed E-state index contributed by atoms with van der Waals surface area (Å²) in [7, 11) is 0. The van der Waals surface area contributed by atoms with Gasteiger partial charge in [0.05, 0.1) is 6.20 Å². The average Bonchev–Trinajstić information content (AvgIpc) is 2.19. The van der Waals surface area contributed by atoms with Crippen molar-refractivity contribution in [3.63, 3.8) is 0 Å². The lowest BCUT2D eigenvalue weighted by atomic mass is 10.3. The SMILES string of the molecule is SCCc1cn[nH]c1. The van der Waals surface area contributed by atoms with Crippen molar-refractivity contribution >= 4 is 12.6 Å². The zero-order chi connectivity index (χ0) is 5.82. The van der Waals surface area contributed by atoms with E-state index < -0.39 is 0 Å². The van der Waals surface area contributed by atoms with E-state index >= 15 is 0 Å². The minimum atomic E-state index is 0.888. The third-order valence-corrected chi connectivity index (χ3v) is 1.18. The van der Waals surface area contributed by atoms with Crippen LogP contribution in [0.25, 0.3) is 0 Å². The molecule has 0 fully saturated rings. The Bertz CT molecular complexity index is 136. The number of hydrogen-bond acceptors (Lipinski definition) is 2. The van der Waals surface area contributed by atoms with Crippen molar-refractivity contribution in [1.82, 2.24) is 10.2 Å². The number of rotatable bonds is 2. The molecule has 8 heavy (non-hydrogen) atoms. The maximum Gasteiger partial charge on any atom is 0.0519 e. The molecule has 0 amide bonds. The van der Waals surface area contributed by atoms with Gasteiger partial charge in [0.15, 0.2) is 0 Å². The van der Waals surface area contributed by atoms with Crippen molar-refractivity contribution in [2.75, 3.05) is 5.75 Å². The third kappa shape index (κ3) is 1.26. The molecule has 0 aliphatic rings. The van der Waals surface area contributed by atoms with Crippen LogP contribution in [0, 0.1) is 0 Å². The van der Waals surface area contributed by atoms with Crippen molar-refractivity contribution in [2.24, 2.45) is 0 Å². The number of H-pyrrole nitrogens is 1. The Hall–Kier alpha value is -0.440. The van der Waals surface area contributed by atoms with Crippen LogP contribution in [-0.4, -0.2) is 16.0 Å². The van der Waals surface area contributed by atoms with E-state index in [2.05, 4.69) is 22.8 Å². The molecule has 44 valence electrons. The van der Waals surface area contributed by atoms with E-state index in [9.17, 15) is 0 Å². The summed E-state index contributed by atoms with van der Waals surface area (Å²) in [4.78, 5) is 0. The molecule has 0 saturated heterocycles. The maximum atomic E-state index is 4.07. The molecule has 0 saturated carbocycles. The fraction of sp³-hybridized carbons (Fsp3) is 0.400. The average molecular weight is 128 g/mol. The minimum Gasteiger partial charge on any atom is -0.285 e. The molecule has 0 spiro atoms. The molecule has 1 rings (SSSR count). The summed E-state index contributed by atoms with van der Waals surface area (Å²) in [6.45, 7) is 0. The first-order valence-corrected chi connectivity index (χ1v) is 3.15. The van der Waals surface area contributed by atoms with Gasteiger partial charge in [0, 0.05) is 6.20 Å². The standard InChI is InChI=1S/C5H8N2S/c8-2-1-5-3-6-7-4-5/h3-4,8H,1-2H2,(H,6,7). The third-order valence-electron chi connectivity index (χ3n) is 0.955. The second-order valence-electron chi connectivity index (χ2n) is 1.58. The number of nitrogens with zero attached hydrogens (tertiary/aromatic N) is 1. The van der Waals surface area contributed by atoms with Crippen LogP contribution in [0.2, 0.25) is 0 Å². The molecule has 0 bridgehead atoms. The van der Waals surface area contributed by atoms with Crippen LogP contribution in [-0.2, 0) is 6.42 Å². The molecule has 3 heteroatoms. The predicted octanol–water partition coefficient (Wildman–Crippen LogP) is 0.882. The smallest absolute Gasteiger partial charge is 0.0519 e. The van der Waals surface area contributed by atoms with Gasteiger partial charge in [-0.3, -0.25) is 5.10 Å². The molecule has 1 aromatic rings. The predicted molar refractivity (Wildman–Crippen MR) is 36.1 cm³/mol. The minimum absolute atomic E-state index is 0.888. The van der Waals surface area contributed by atoms with Crippen molar-refractivity contribution in [1.29, 1.82) is 0 Å². The molecule has 1 N–H and O–H groups in total. The Balaban J connectivity index is 2.50. The second-order valence-corrected chi connectivity index (χ2v) is 2.03. The van der Waals surface area contributed by atoms with Crippen LogP contribution in [0.1, 0.15) is 5.56 Å². The number of aryl methyl sites for hydroxylation is 1. The molecule has 0 unspecified atom stereocenters. The Labute approximate surface area is 53.7 Å². The molecule has 0 aromatic carbocycles. The summed E-state index contributed by atoms with van der Waals surface area (Å²) in [6.07, 6.45) is 4.70. The summed E-state index contributed by atoms with van der Waals surface area (Å²) in [5.41, 5.74) is 1.22. The van der Waals surface area contributed by atoms with Gasteiger partial charge in [-0.2, -0.15) is 17.7 Å². The Morgan fingerprint density at radius 1 is 1.75 bits per heavy atom. The maximum absolute atomic E-state index is 4.07. The lowest BCUT2D eigenvalue weighted by Gasteiger charge is -1.84. The fourth-order valence-corrected chi connectivity index (χ4v) is 0.802. The van der Waals surface area contributed by atoms with Gasteiger partial charge >= 0.3 is 0 Å². The van der Waals surface area contributed by atoms with E-state index in [0.29, 0.717) is 0 Å². The highest BCUT2D eigenvalue weighted by molar-refractivity contribution is 7.80. The monoisotopic (exact) mass is 128 g/mol. The van der Waals surface area contributed by atoms with Gasteiger partial charge in [0.25, 0.3) is 0 Å². The van der Waals surface area contributed by atoms with Crippen LogP contribution in [0.3, 0.4) is 0 Å². The van der Waals surface area contributed by atoms with Crippen molar-refractivity contribution in [2.45, 2.75) is 6.42 Å². The Kier molecular flexibility index (Phi) is 1.97. The summed E-state index contributed by atoms with van der Waals surface area (Å²) < 4.78 is 0. The fourth-order valence-electron chi connectivity index (χ4n) is 0.543. The molecule has 0 aliphatic carbocycles. The topological polar surface area (TPSA) is 28.7 Å². The Morgan fingerprint density at radius 3 is 3.12 bits per heavy atom. The van der Waals surface area contributed by atoms with Gasteiger partial charge in [-0.1, -0.05) is 0 Å². The van der Waals surface area contributed by atoms with Gasteiger partial charge in [0.1, 0.15) is 0 Å². The first-order chi connectivity index (χ1) is 3.93. The number of aromatic amines is 1. The molecule has 2 nitrogen and oxygen atoms in total. The highest BCUT2D eigenvalue weighted by Crippen LogP contribution is 1.94. The number of thiol groups is 1. The summed E-state index contributed by atoms with van der Waals surface area (Å²) in [5, 5.41) is 6.51. The largest absolute Gasteiger partial charge is 0.285 e. The zero-order valence-corrected chi connectivity index (χ0v) is 5.36. The van der Waals surface area contributed by atoms with Crippen molar-refractivity contribution < 1.29 is 0 Å².